The Morgan fingerprint density at radius 3 is 2.34 bits per heavy atom. The molecule has 0 unspecified atom stereocenters. The summed E-state index contributed by atoms with van der Waals surface area (Å²) in [5.74, 6) is -1.13. The number of sulfonamides is 1. The minimum atomic E-state index is -3.62. The van der Waals surface area contributed by atoms with E-state index in [2.05, 4.69) is 5.32 Å². The summed E-state index contributed by atoms with van der Waals surface area (Å²) in [6, 6.07) is 5.37. The van der Waals surface area contributed by atoms with Crippen molar-refractivity contribution in [3.63, 3.8) is 0 Å². The molecule has 1 saturated heterocycles. The number of carbonyl (C=O) groups excluding carboxylic acids is 3. The van der Waals surface area contributed by atoms with Crippen molar-refractivity contribution in [2.24, 2.45) is 0 Å². The number of hydrogen-bond acceptors (Lipinski definition) is 8. The second-order valence-electron chi connectivity index (χ2n) is 8.53. The van der Waals surface area contributed by atoms with Gasteiger partial charge in [-0.1, -0.05) is 12.1 Å². The number of aryl methyl sites for hydroxylation is 2. The molecule has 35 heavy (non-hydrogen) atoms. The molecule has 0 radical (unpaired) electrons. The lowest BCUT2D eigenvalue weighted by molar-refractivity contribution is -0.117. The fraction of sp³-hybridized carbons (Fsp3) is 0.458. The van der Waals surface area contributed by atoms with Gasteiger partial charge in [-0.05, 0) is 57.4 Å². The number of hydrogen-bond donors (Lipinski definition) is 1. The fourth-order valence-electron chi connectivity index (χ4n) is 4.01. The molecule has 1 fully saturated rings. The van der Waals surface area contributed by atoms with Crippen LogP contribution in [0, 0.1) is 20.8 Å². The van der Waals surface area contributed by atoms with Gasteiger partial charge in [-0.15, -0.1) is 11.3 Å². The molecule has 0 spiro atoms. The smallest absolute Gasteiger partial charge is 0.341 e. The molecule has 190 valence electrons. The molecule has 1 aliphatic rings. The highest BCUT2D eigenvalue weighted by atomic mass is 32.2. The maximum atomic E-state index is 13.1. The average Bonchev–Trinajstić information content (AvgIpc) is 3.11. The van der Waals surface area contributed by atoms with Crippen LogP contribution < -0.4 is 5.32 Å². The summed E-state index contributed by atoms with van der Waals surface area (Å²) in [4.78, 5) is 39.7. The maximum absolute atomic E-state index is 13.1. The van der Waals surface area contributed by atoms with Gasteiger partial charge in [-0.2, -0.15) is 4.31 Å². The molecule has 1 N–H and O–H groups in total. The number of Topliss-reactive ketones (excluding diaryl/α,β-unsaturated/α-hetero) is 1. The van der Waals surface area contributed by atoms with E-state index >= 15 is 0 Å². The summed E-state index contributed by atoms with van der Waals surface area (Å²) in [5, 5.41) is 3.03. The highest BCUT2D eigenvalue weighted by Gasteiger charge is 2.31. The Kier molecular flexibility index (Phi) is 8.47. The molecule has 1 amide bonds. The molecule has 9 nitrogen and oxygen atoms in total. The van der Waals surface area contributed by atoms with Gasteiger partial charge in [0.25, 0.3) is 0 Å². The van der Waals surface area contributed by atoms with Crippen molar-refractivity contribution in [1.82, 2.24) is 9.21 Å². The summed E-state index contributed by atoms with van der Waals surface area (Å²) in [6.07, 6.45) is 0. The first-order valence-corrected chi connectivity index (χ1v) is 13.6. The van der Waals surface area contributed by atoms with Crippen LogP contribution >= 0.6 is 11.3 Å². The average molecular weight is 522 g/mol. The molecular weight excluding hydrogens is 490 g/mol. The lowest BCUT2D eigenvalue weighted by Crippen LogP contribution is -2.50. The van der Waals surface area contributed by atoms with Crippen molar-refractivity contribution in [3.05, 3.63) is 45.3 Å². The summed E-state index contributed by atoms with van der Waals surface area (Å²) in [7, 11) is -3.62. The Morgan fingerprint density at radius 1 is 1.09 bits per heavy atom. The number of nitrogens with zero attached hydrogens (tertiary/aromatic N) is 2. The van der Waals surface area contributed by atoms with E-state index in [4.69, 9.17) is 4.74 Å². The molecule has 1 aromatic carbocycles. The van der Waals surface area contributed by atoms with Crippen LogP contribution in [0.4, 0.5) is 5.00 Å². The third-order valence-corrected chi connectivity index (χ3v) is 9.21. The standard InChI is InChI=1S/C24H31N3O6S2/c1-6-33-24(30)21-17(4)22(18(5)28)34-23(21)25-20(29)14-26-9-11-27(12-10-26)35(31,32)19-13-15(2)7-8-16(19)3/h7-8,13H,6,9-12,14H2,1-5H3,(H,25,29). The number of amides is 1. The van der Waals surface area contributed by atoms with Crippen molar-refractivity contribution in [1.29, 1.82) is 0 Å². The number of benzene rings is 1. The van der Waals surface area contributed by atoms with Gasteiger partial charge in [0.1, 0.15) is 5.00 Å². The molecule has 0 atom stereocenters. The number of ketones is 1. The summed E-state index contributed by atoms with van der Waals surface area (Å²) < 4.78 is 32.8. The largest absolute Gasteiger partial charge is 0.462 e. The number of rotatable bonds is 8. The Bertz CT molecular complexity index is 1240. The van der Waals surface area contributed by atoms with Crippen LogP contribution in [-0.4, -0.2) is 74.6 Å². The normalized spacial score (nSPS) is 15.1. The Labute approximate surface area is 210 Å². The SMILES string of the molecule is CCOC(=O)c1c(NC(=O)CN2CCN(S(=O)(=O)c3cc(C)ccc3C)CC2)sc(C(C)=O)c1C. The number of ether oxygens (including phenoxy) is 1. The van der Waals surface area contributed by atoms with Crippen LogP contribution in [-0.2, 0) is 19.6 Å². The number of piperazine rings is 1. The van der Waals surface area contributed by atoms with Crippen molar-refractivity contribution in [2.45, 2.75) is 39.5 Å². The minimum Gasteiger partial charge on any atom is -0.462 e. The van der Waals surface area contributed by atoms with Crippen molar-refractivity contribution < 1.29 is 27.5 Å². The monoisotopic (exact) mass is 521 g/mol. The van der Waals surface area contributed by atoms with Crippen LogP contribution in [0.5, 0.6) is 0 Å². The zero-order valence-electron chi connectivity index (χ0n) is 20.6. The molecule has 2 heterocycles. The Hall–Kier alpha value is -2.60. The highest BCUT2D eigenvalue weighted by Crippen LogP contribution is 2.34. The first kappa shape index (κ1) is 27.0. The van der Waals surface area contributed by atoms with E-state index in [0.717, 1.165) is 16.9 Å². The summed E-state index contributed by atoms with van der Waals surface area (Å²) in [5.41, 5.74) is 2.26. The number of nitrogens with one attached hydrogen (secondary N) is 1. The molecule has 1 aromatic heterocycles. The molecular formula is C24H31N3O6S2. The van der Waals surface area contributed by atoms with Crippen LogP contribution in [0.25, 0.3) is 0 Å². The highest BCUT2D eigenvalue weighted by molar-refractivity contribution is 7.89. The predicted octanol–water partition coefficient (Wildman–Crippen LogP) is 3.00. The second kappa shape index (κ2) is 11.0. The van der Waals surface area contributed by atoms with Crippen LogP contribution in [0.2, 0.25) is 0 Å². The van der Waals surface area contributed by atoms with Gasteiger partial charge < -0.3 is 10.1 Å². The molecule has 2 aromatic rings. The molecule has 11 heteroatoms. The summed E-state index contributed by atoms with van der Waals surface area (Å²) in [6.45, 7) is 9.91. The van der Waals surface area contributed by atoms with Gasteiger partial charge in [-0.3, -0.25) is 14.5 Å². The molecule has 0 bridgehead atoms. The van der Waals surface area contributed by atoms with Crippen molar-refractivity contribution in [2.75, 3.05) is 44.6 Å². The first-order chi connectivity index (χ1) is 16.4. The Morgan fingerprint density at radius 2 is 1.74 bits per heavy atom. The zero-order valence-corrected chi connectivity index (χ0v) is 22.3. The number of carbonyl (C=O) groups is 3. The lowest BCUT2D eigenvalue weighted by atomic mass is 10.1. The summed E-state index contributed by atoms with van der Waals surface area (Å²) >= 11 is 1.05. The fourth-order valence-corrected chi connectivity index (χ4v) is 6.85. The minimum absolute atomic E-state index is 0.0337. The number of anilines is 1. The maximum Gasteiger partial charge on any atom is 0.341 e. The second-order valence-corrected chi connectivity index (χ2v) is 11.5. The van der Waals surface area contributed by atoms with E-state index in [-0.39, 0.29) is 48.5 Å². The molecule has 3 rings (SSSR count). The van der Waals surface area contributed by atoms with Gasteiger partial charge in [-0.25, -0.2) is 13.2 Å². The van der Waals surface area contributed by atoms with Crippen molar-refractivity contribution in [3.8, 4) is 0 Å². The predicted molar refractivity (Wildman–Crippen MR) is 135 cm³/mol. The van der Waals surface area contributed by atoms with Crippen molar-refractivity contribution >= 4 is 44.0 Å². The van der Waals surface area contributed by atoms with E-state index in [1.54, 1.807) is 32.9 Å². The van der Waals surface area contributed by atoms with Crippen LogP contribution in [0.3, 0.4) is 0 Å². The molecule has 0 saturated carbocycles. The number of esters is 1. The number of thiophene rings is 1. The van der Waals surface area contributed by atoms with Gasteiger partial charge in [0, 0.05) is 26.2 Å². The van der Waals surface area contributed by atoms with Gasteiger partial charge in [0.05, 0.1) is 28.5 Å². The van der Waals surface area contributed by atoms with Gasteiger partial charge in [0.15, 0.2) is 5.78 Å². The topological polar surface area (TPSA) is 113 Å². The van der Waals surface area contributed by atoms with Crippen LogP contribution in [0.15, 0.2) is 23.1 Å². The Balaban J connectivity index is 1.66. The quantitative estimate of drug-likeness (QED) is 0.420. The van der Waals surface area contributed by atoms with E-state index in [9.17, 15) is 22.8 Å². The van der Waals surface area contributed by atoms with E-state index < -0.39 is 16.0 Å². The lowest BCUT2D eigenvalue weighted by Gasteiger charge is -2.33. The van der Waals surface area contributed by atoms with Gasteiger partial charge >= 0.3 is 5.97 Å². The third-order valence-electron chi connectivity index (χ3n) is 5.86. The van der Waals surface area contributed by atoms with E-state index in [1.807, 2.05) is 17.9 Å². The van der Waals surface area contributed by atoms with Crippen LogP contribution in [0.1, 0.15) is 50.6 Å². The molecule has 0 aliphatic carbocycles. The first-order valence-electron chi connectivity index (χ1n) is 11.4. The molecule has 1 aliphatic heterocycles. The van der Waals surface area contributed by atoms with E-state index in [1.165, 1.54) is 11.2 Å². The van der Waals surface area contributed by atoms with Gasteiger partial charge in [0.2, 0.25) is 15.9 Å². The third kappa shape index (κ3) is 5.97. The zero-order chi connectivity index (χ0) is 25.9. The van der Waals surface area contributed by atoms with E-state index in [0.29, 0.717) is 34.0 Å².